The van der Waals surface area contributed by atoms with Crippen molar-refractivity contribution in [3.8, 4) is 5.75 Å². The van der Waals surface area contributed by atoms with Crippen molar-refractivity contribution in [3.63, 3.8) is 0 Å². The first-order valence-corrected chi connectivity index (χ1v) is 10.9. The van der Waals surface area contributed by atoms with Crippen LogP contribution in [0.25, 0.3) is 0 Å². The summed E-state index contributed by atoms with van der Waals surface area (Å²) in [5.41, 5.74) is 2.26. The molecule has 0 spiro atoms. The highest BCUT2D eigenvalue weighted by atomic mass is 16.5. The lowest BCUT2D eigenvalue weighted by Crippen LogP contribution is -2.55. The third-order valence-electron chi connectivity index (χ3n) is 6.53. The Kier molecular flexibility index (Phi) is 7.36. The van der Waals surface area contributed by atoms with Crippen molar-refractivity contribution in [3.05, 3.63) is 29.3 Å². The van der Waals surface area contributed by atoms with E-state index in [0.717, 1.165) is 18.6 Å². The predicted molar refractivity (Wildman–Crippen MR) is 116 cm³/mol. The average molecular weight is 418 g/mol. The van der Waals surface area contributed by atoms with Crippen LogP contribution in [0.5, 0.6) is 5.75 Å². The molecule has 1 N–H and O–H groups in total. The fraction of sp³-hybridized carbons (Fsp3) is 0.652. The van der Waals surface area contributed by atoms with Gasteiger partial charge in [-0.25, -0.2) is 0 Å². The summed E-state index contributed by atoms with van der Waals surface area (Å²) in [5, 5.41) is 3.51. The zero-order valence-corrected chi connectivity index (χ0v) is 18.7. The Morgan fingerprint density at radius 1 is 1.17 bits per heavy atom. The van der Waals surface area contributed by atoms with Crippen LogP contribution < -0.4 is 10.1 Å². The molecular formula is C23H35N3O4. The van der Waals surface area contributed by atoms with Crippen molar-refractivity contribution in [1.29, 1.82) is 0 Å². The normalized spacial score (nSPS) is 20.0. The van der Waals surface area contributed by atoms with Gasteiger partial charge in [-0.05, 0) is 32.8 Å². The highest BCUT2D eigenvalue weighted by molar-refractivity contribution is 5.82. The van der Waals surface area contributed by atoms with Crippen LogP contribution in [0.1, 0.15) is 37.8 Å². The van der Waals surface area contributed by atoms with Crippen LogP contribution in [0, 0.1) is 6.92 Å². The number of rotatable bonds is 6. The first-order chi connectivity index (χ1) is 14.4. The summed E-state index contributed by atoms with van der Waals surface area (Å²) in [6.45, 7) is 10.1. The number of aryl methyl sites for hydroxylation is 1. The molecule has 0 aromatic heterocycles. The Labute approximate surface area is 179 Å². The lowest BCUT2D eigenvalue weighted by atomic mass is 9.73. The molecule has 2 saturated heterocycles. The van der Waals surface area contributed by atoms with Gasteiger partial charge in [-0.3, -0.25) is 9.59 Å². The van der Waals surface area contributed by atoms with E-state index >= 15 is 0 Å². The second-order valence-corrected chi connectivity index (χ2v) is 8.53. The molecule has 1 aromatic carbocycles. The van der Waals surface area contributed by atoms with Crippen molar-refractivity contribution in [2.45, 2.75) is 45.1 Å². The molecule has 30 heavy (non-hydrogen) atoms. The highest BCUT2D eigenvalue weighted by Crippen LogP contribution is 2.40. The number of hydrogen-bond acceptors (Lipinski definition) is 5. The Morgan fingerprint density at radius 2 is 1.80 bits per heavy atom. The topological polar surface area (TPSA) is 71.1 Å². The van der Waals surface area contributed by atoms with E-state index in [9.17, 15) is 9.59 Å². The zero-order valence-electron chi connectivity index (χ0n) is 18.7. The van der Waals surface area contributed by atoms with Crippen molar-refractivity contribution >= 4 is 11.8 Å². The molecule has 1 aromatic rings. The van der Waals surface area contributed by atoms with Gasteiger partial charge in [0.05, 0.1) is 13.2 Å². The first-order valence-electron chi connectivity index (χ1n) is 10.9. The minimum atomic E-state index is -0.288. The molecule has 2 aliphatic rings. The van der Waals surface area contributed by atoms with E-state index in [1.807, 2.05) is 17.9 Å². The van der Waals surface area contributed by atoms with Gasteiger partial charge in [0.2, 0.25) is 11.8 Å². The monoisotopic (exact) mass is 417 g/mol. The number of amides is 2. The molecule has 2 amide bonds. The van der Waals surface area contributed by atoms with E-state index in [4.69, 9.17) is 9.47 Å². The molecule has 1 atom stereocenters. The second-order valence-electron chi connectivity index (χ2n) is 8.53. The average Bonchev–Trinajstić information content (AvgIpc) is 2.77. The van der Waals surface area contributed by atoms with Gasteiger partial charge < -0.3 is 24.6 Å². The number of hydrogen-bond donors (Lipinski definition) is 1. The van der Waals surface area contributed by atoms with Gasteiger partial charge in [0, 0.05) is 63.8 Å². The Hall–Kier alpha value is -2.12. The molecule has 0 bridgehead atoms. The van der Waals surface area contributed by atoms with E-state index in [-0.39, 0.29) is 23.3 Å². The first kappa shape index (κ1) is 22.6. The lowest BCUT2D eigenvalue weighted by Gasteiger charge is -2.40. The summed E-state index contributed by atoms with van der Waals surface area (Å²) < 4.78 is 11.3. The quantitative estimate of drug-likeness (QED) is 0.763. The number of methoxy groups -OCH3 is 1. The molecular weight excluding hydrogens is 382 g/mol. The maximum atomic E-state index is 13.0. The number of carbonyl (C=O) groups is 2. The van der Waals surface area contributed by atoms with Gasteiger partial charge in [-0.2, -0.15) is 0 Å². The van der Waals surface area contributed by atoms with E-state index in [2.05, 4.69) is 24.4 Å². The maximum absolute atomic E-state index is 13.0. The van der Waals surface area contributed by atoms with E-state index in [0.29, 0.717) is 45.9 Å². The fourth-order valence-electron chi connectivity index (χ4n) is 4.49. The number of piperazine rings is 1. The minimum absolute atomic E-state index is 0.0711. The molecule has 1 unspecified atom stereocenters. The maximum Gasteiger partial charge on any atom is 0.239 e. The molecule has 0 aliphatic carbocycles. The van der Waals surface area contributed by atoms with Crippen LogP contribution in [0.15, 0.2) is 18.2 Å². The smallest absolute Gasteiger partial charge is 0.239 e. The summed E-state index contributed by atoms with van der Waals surface area (Å²) in [6.07, 6.45) is 1.77. The van der Waals surface area contributed by atoms with Crippen LogP contribution in [0.4, 0.5) is 0 Å². The molecule has 0 radical (unpaired) electrons. The molecule has 3 rings (SSSR count). The summed E-state index contributed by atoms with van der Waals surface area (Å²) in [6, 6.07) is 6.02. The fourth-order valence-corrected chi connectivity index (χ4v) is 4.49. The summed E-state index contributed by atoms with van der Waals surface area (Å²) in [5.74, 6) is 1.06. The van der Waals surface area contributed by atoms with Gasteiger partial charge >= 0.3 is 0 Å². The minimum Gasteiger partial charge on any atom is -0.496 e. The van der Waals surface area contributed by atoms with Gasteiger partial charge in [0.15, 0.2) is 0 Å². The lowest BCUT2D eigenvalue weighted by molar-refractivity contribution is -0.139. The number of benzene rings is 1. The Morgan fingerprint density at radius 3 is 2.40 bits per heavy atom. The highest BCUT2D eigenvalue weighted by Gasteiger charge is 2.38. The number of nitrogens with one attached hydrogen (secondary N) is 1. The Balaban J connectivity index is 1.69. The van der Waals surface area contributed by atoms with Crippen LogP contribution in [0.2, 0.25) is 0 Å². The van der Waals surface area contributed by atoms with Crippen molar-refractivity contribution in [1.82, 2.24) is 15.1 Å². The standard InChI is InChI=1S/C23H35N3O4/c1-17-5-6-21(29-4)20(15-17)23(7-13-30-14-8-23)16-24-18(2)22(28)26-11-9-25(10-12-26)19(3)27/h5-6,15,18,24H,7-14,16H2,1-4H3. The van der Waals surface area contributed by atoms with Gasteiger partial charge in [0.25, 0.3) is 0 Å². The molecule has 7 heteroatoms. The summed E-state index contributed by atoms with van der Waals surface area (Å²) >= 11 is 0. The molecule has 2 fully saturated rings. The second kappa shape index (κ2) is 9.79. The van der Waals surface area contributed by atoms with Crippen LogP contribution in [-0.4, -0.2) is 80.7 Å². The molecule has 2 aliphatic heterocycles. The van der Waals surface area contributed by atoms with Crippen molar-refractivity contribution in [2.24, 2.45) is 0 Å². The van der Waals surface area contributed by atoms with Crippen LogP contribution in [-0.2, 0) is 19.7 Å². The SMILES string of the molecule is COc1ccc(C)cc1C1(CNC(C)C(=O)N2CCN(C(C)=O)CC2)CCOCC1. The van der Waals surface area contributed by atoms with Gasteiger partial charge in [-0.15, -0.1) is 0 Å². The van der Waals surface area contributed by atoms with Crippen LogP contribution in [0.3, 0.4) is 0 Å². The summed E-state index contributed by atoms with van der Waals surface area (Å²) in [4.78, 5) is 28.2. The Bertz CT molecular complexity index is 753. The number of carbonyl (C=O) groups excluding carboxylic acids is 2. The zero-order chi connectivity index (χ0) is 21.7. The molecule has 7 nitrogen and oxygen atoms in total. The largest absolute Gasteiger partial charge is 0.496 e. The van der Waals surface area contributed by atoms with Crippen molar-refractivity contribution in [2.75, 3.05) is 53.0 Å². The van der Waals surface area contributed by atoms with Gasteiger partial charge in [-0.1, -0.05) is 17.7 Å². The van der Waals surface area contributed by atoms with Gasteiger partial charge in [0.1, 0.15) is 5.75 Å². The van der Waals surface area contributed by atoms with Crippen molar-refractivity contribution < 1.29 is 19.1 Å². The van der Waals surface area contributed by atoms with Crippen LogP contribution >= 0.6 is 0 Å². The van der Waals surface area contributed by atoms with E-state index in [1.54, 1.807) is 18.9 Å². The molecule has 0 saturated carbocycles. The predicted octanol–water partition coefficient (Wildman–Crippen LogP) is 1.72. The number of ether oxygens (including phenoxy) is 2. The third kappa shape index (κ3) is 4.95. The van der Waals surface area contributed by atoms with E-state index < -0.39 is 0 Å². The number of nitrogens with zero attached hydrogens (tertiary/aromatic N) is 2. The molecule has 166 valence electrons. The summed E-state index contributed by atoms with van der Waals surface area (Å²) in [7, 11) is 1.71. The third-order valence-corrected chi connectivity index (χ3v) is 6.53. The van der Waals surface area contributed by atoms with E-state index in [1.165, 1.54) is 11.1 Å². The molecule has 2 heterocycles.